The lowest BCUT2D eigenvalue weighted by Crippen LogP contribution is -2.43. The van der Waals surface area contributed by atoms with Crippen LogP contribution >= 0.6 is 11.6 Å². The minimum absolute atomic E-state index is 0.0195. The van der Waals surface area contributed by atoms with Crippen molar-refractivity contribution in [1.29, 1.82) is 0 Å². The zero-order chi connectivity index (χ0) is 27.6. The van der Waals surface area contributed by atoms with E-state index in [4.69, 9.17) is 17.3 Å². The van der Waals surface area contributed by atoms with Crippen LogP contribution in [0.3, 0.4) is 0 Å². The van der Waals surface area contributed by atoms with E-state index >= 15 is 0 Å². The fraction of sp³-hybridized carbons (Fsp3) is 0.286. The van der Waals surface area contributed by atoms with Crippen LogP contribution in [0.25, 0.3) is 0 Å². The number of benzene rings is 2. The average molecular weight is 535 g/mol. The number of nitrogens with two attached hydrogens (primary N) is 1. The highest BCUT2D eigenvalue weighted by molar-refractivity contribution is 6.34. The second-order valence-corrected chi connectivity index (χ2v) is 10.1. The molecule has 0 aliphatic heterocycles. The van der Waals surface area contributed by atoms with Gasteiger partial charge in [-0.3, -0.25) is 19.1 Å². The van der Waals surface area contributed by atoms with Crippen LogP contribution in [0.1, 0.15) is 46.6 Å². The van der Waals surface area contributed by atoms with Gasteiger partial charge in [-0.2, -0.15) is 5.10 Å². The number of nitrogen functional groups attached to an aromatic ring is 1. The third kappa shape index (κ3) is 5.57. The molecule has 10 heteroatoms. The molecule has 4 aromatic rings. The van der Waals surface area contributed by atoms with Crippen molar-refractivity contribution < 1.29 is 4.79 Å². The molecule has 3 N–H and O–H groups in total. The van der Waals surface area contributed by atoms with Gasteiger partial charge in [-0.15, -0.1) is 0 Å². The molecule has 0 saturated carbocycles. The molecule has 198 valence electrons. The highest BCUT2D eigenvalue weighted by atomic mass is 35.5. The molecule has 2 aromatic heterocycles. The summed E-state index contributed by atoms with van der Waals surface area (Å²) in [6.07, 6.45) is 0. The molecule has 0 radical (unpaired) electrons. The second-order valence-electron chi connectivity index (χ2n) is 9.77. The van der Waals surface area contributed by atoms with Crippen LogP contribution in [-0.2, 0) is 13.1 Å². The van der Waals surface area contributed by atoms with Crippen LogP contribution in [0.4, 0.5) is 11.5 Å². The second kappa shape index (κ2) is 11.1. The average Bonchev–Trinajstić information content (AvgIpc) is 3.14. The smallest absolute Gasteiger partial charge is 0.330 e. The molecular formula is C28H31ClN6O3. The van der Waals surface area contributed by atoms with Crippen LogP contribution in [0.15, 0.2) is 64.2 Å². The molecule has 1 amide bonds. The number of aryl methyl sites for hydroxylation is 2. The van der Waals surface area contributed by atoms with Gasteiger partial charge in [0.1, 0.15) is 11.0 Å². The quantitative estimate of drug-likeness (QED) is 0.354. The van der Waals surface area contributed by atoms with E-state index in [1.54, 1.807) is 11.6 Å². The van der Waals surface area contributed by atoms with E-state index < -0.39 is 17.2 Å². The van der Waals surface area contributed by atoms with Crippen LogP contribution in [0.2, 0.25) is 5.15 Å². The number of rotatable bonds is 8. The monoisotopic (exact) mass is 534 g/mol. The zero-order valence-electron chi connectivity index (χ0n) is 21.9. The predicted molar refractivity (Wildman–Crippen MR) is 150 cm³/mol. The van der Waals surface area contributed by atoms with Gasteiger partial charge in [-0.1, -0.05) is 85.6 Å². The van der Waals surface area contributed by atoms with E-state index in [9.17, 15) is 14.4 Å². The molecule has 0 unspecified atom stereocenters. The molecule has 9 nitrogen and oxygen atoms in total. The van der Waals surface area contributed by atoms with Crippen molar-refractivity contribution in [3.63, 3.8) is 0 Å². The van der Waals surface area contributed by atoms with Gasteiger partial charge < -0.3 is 10.6 Å². The summed E-state index contributed by atoms with van der Waals surface area (Å²) in [6, 6.07) is 17.2. The molecule has 4 rings (SSSR count). The lowest BCUT2D eigenvalue weighted by molar-refractivity contribution is 0.0983. The summed E-state index contributed by atoms with van der Waals surface area (Å²) < 4.78 is 2.81. The normalized spacial score (nSPS) is 11.2. The van der Waals surface area contributed by atoms with E-state index in [1.807, 2.05) is 75.4 Å². The fourth-order valence-corrected chi connectivity index (χ4v) is 4.62. The van der Waals surface area contributed by atoms with Crippen LogP contribution in [0.5, 0.6) is 0 Å². The number of nitrogens with one attached hydrogen (secondary N) is 1. The maximum atomic E-state index is 14.0. The summed E-state index contributed by atoms with van der Waals surface area (Å²) in [4.78, 5) is 43.4. The summed E-state index contributed by atoms with van der Waals surface area (Å²) in [5.74, 6) is -0.634. The van der Waals surface area contributed by atoms with E-state index in [-0.39, 0.29) is 41.2 Å². The van der Waals surface area contributed by atoms with Crippen LogP contribution in [0, 0.1) is 19.8 Å². The van der Waals surface area contributed by atoms with Crippen molar-refractivity contribution in [3.8, 4) is 0 Å². The molecule has 0 aliphatic carbocycles. The summed E-state index contributed by atoms with van der Waals surface area (Å²) >= 11 is 6.70. The molecule has 2 heterocycles. The van der Waals surface area contributed by atoms with E-state index in [0.717, 1.165) is 16.7 Å². The van der Waals surface area contributed by atoms with Crippen molar-refractivity contribution in [3.05, 3.63) is 109 Å². The SMILES string of the molecule is Cc1ccc(Cn2nc(C)c(C(=O)N(CC(C)C)c3c(N)n(Cc4ccccc4)c(=O)[nH]c3=O)c2Cl)cc1. The molecule has 38 heavy (non-hydrogen) atoms. The minimum atomic E-state index is -0.744. The number of nitrogens with zero attached hydrogens (tertiary/aromatic N) is 4. The van der Waals surface area contributed by atoms with Gasteiger partial charge >= 0.3 is 5.69 Å². The van der Waals surface area contributed by atoms with Crippen LogP contribution < -0.4 is 21.9 Å². The Morgan fingerprint density at radius 1 is 1.03 bits per heavy atom. The first-order valence-corrected chi connectivity index (χ1v) is 12.7. The van der Waals surface area contributed by atoms with Gasteiger partial charge in [0.2, 0.25) is 0 Å². The number of aromatic amines is 1. The van der Waals surface area contributed by atoms with Crippen LogP contribution in [-0.4, -0.2) is 31.8 Å². The number of anilines is 2. The number of hydrogen-bond acceptors (Lipinski definition) is 5. The Kier molecular flexibility index (Phi) is 7.87. The number of amides is 1. The van der Waals surface area contributed by atoms with E-state index in [2.05, 4.69) is 10.1 Å². The molecule has 0 bridgehead atoms. The first-order chi connectivity index (χ1) is 18.1. The van der Waals surface area contributed by atoms with Crippen molar-refractivity contribution in [2.24, 2.45) is 5.92 Å². The van der Waals surface area contributed by atoms with Gasteiger partial charge in [0.25, 0.3) is 11.5 Å². The van der Waals surface area contributed by atoms with Crippen molar-refractivity contribution >= 4 is 29.0 Å². The summed E-state index contributed by atoms with van der Waals surface area (Å²) in [6.45, 7) is 8.22. The largest absolute Gasteiger partial charge is 0.383 e. The third-order valence-electron chi connectivity index (χ3n) is 6.19. The summed E-state index contributed by atoms with van der Waals surface area (Å²) in [5, 5.41) is 4.66. The number of aromatic nitrogens is 4. The van der Waals surface area contributed by atoms with E-state index in [0.29, 0.717) is 12.2 Å². The van der Waals surface area contributed by atoms with Gasteiger partial charge in [0.15, 0.2) is 5.69 Å². The number of halogens is 1. The highest BCUT2D eigenvalue weighted by Gasteiger charge is 2.30. The Morgan fingerprint density at radius 3 is 2.29 bits per heavy atom. The molecule has 0 atom stereocenters. The molecule has 2 aromatic carbocycles. The number of H-pyrrole nitrogens is 1. The minimum Gasteiger partial charge on any atom is -0.383 e. The van der Waals surface area contributed by atoms with Gasteiger partial charge in [-0.05, 0) is 30.9 Å². The Labute approximate surface area is 225 Å². The Balaban J connectivity index is 1.78. The van der Waals surface area contributed by atoms with Crippen molar-refractivity contribution in [2.75, 3.05) is 17.2 Å². The highest BCUT2D eigenvalue weighted by Crippen LogP contribution is 2.27. The molecule has 0 spiro atoms. The molecule has 0 saturated heterocycles. The Hall–Kier alpha value is -4.11. The first kappa shape index (κ1) is 26.9. The maximum absolute atomic E-state index is 14.0. The maximum Gasteiger partial charge on any atom is 0.330 e. The lowest BCUT2D eigenvalue weighted by Gasteiger charge is -2.26. The lowest BCUT2D eigenvalue weighted by atomic mass is 10.1. The van der Waals surface area contributed by atoms with Gasteiger partial charge in [0, 0.05) is 6.54 Å². The predicted octanol–water partition coefficient (Wildman–Crippen LogP) is 3.98. The fourth-order valence-electron chi connectivity index (χ4n) is 4.30. The Morgan fingerprint density at radius 2 is 1.66 bits per heavy atom. The molecular weight excluding hydrogens is 504 g/mol. The third-order valence-corrected chi connectivity index (χ3v) is 6.58. The zero-order valence-corrected chi connectivity index (χ0v) is 22.6. The molecule has 0 fully saturated rings. The standard InChI is InChI=1S/C28H31ClN6O3/c1-17(2)14-33(23-25(30)34(28(38)31-26(23)36)15-20-8-6-5-7-9-20)27(37)22-19(4)32-35(24(22)29)16-21-12-10-18(3)11-13-21/h5-13,17H,14-16,30H2,1-4H3,(H,31,36,38). The number of hydrogen-bond donors (Lipinski definition) is 2. The number of carbonyl (C=O) groups excluding carboxylic acids is 1. The van der Waals surface area contributed by atoms with Crippen molar-refractivity contribution in [2.45, 2.75) is 40.8 Å². The first-order valence-electron chi connectivity index (χ1n) is 12.3. The van der Waals surface area contributed by atoms with Crippen molar-refractivity contribution in [1.82, 2.24) is 19.3 Å². The van der Waals surface area contributed by atoms with Gasteiger partial charge in [-0.25, -0.2) is 9.48 Å². The van der Waals surface area contributed by atoms with Gasteiger partial charge in [0.05, 0.1) is 24.3 Å². The summed E-state index contributed by atoms with van der Waals surface area (Å²) in [5.41, 5.74) is 8.45. The topological polar surface area (TPSA) is 119 Å². The number of carbonyl (C=O) groups is 1. The molecule has 0 aliphatic rings. The Bertz CT molecular complexity index is 1570. The van der Waals surface area contributed by atoms with E-state index in [1.165, 1.54) is 9.47 Å². The summed E-state index contributed by atoms with van der Waals surface area (Å²) in [7, 11) is 0.